The molecular formula is C17H20N2O3. The molecule has 2 heterocycles. The fraction of sp³-hybridized carbons (Fsp3) is 0.412. The molecule has 0 spiro atoms. The molecule has 1 aromatic heterocycles. The van der Waals surface area contributed by atoms with Gasteiger partial charge in [0.1, 0.15) is 5.82 Å². The average molecular weight is 300 g/mol. The zero-order valence-electron chi connectivity index (χ0n) is 13.3. The minimum absolute atomic E-state index is 0.0742. The SMILES string of the molecule is Cc1ccc(C(=O)O)c(C)c1-c1nc(C2(C)COC2)[nH]c1C. The smallest absolute Gasteiger partial charge is 0.335 e. The minimum atomic E-state index is -0.911. The third kappa shape index (κ3) is 2.13. The number of hydrogen-bond donors (Lipinski definition) is 2. The maximum Gasteiger partial charge on any atom is 0.335 e. The van der Waals surface area contributed by atoms with Crippen LogP contribution >= 0.6 is 0 Å². The van der Waals surface area contributed by atoms with Crippen molar-refractivity contribution in [3.63, 3.8) is 0 Å². The Morgan fingerprint density at radius 2 is 2.00 bits per heavy atom. The van der Waals surface area contributed by atoms with Crippen LogP contribution in [0.15, 0.2) is 12.1 Å². The number of nitrogens with one attached hydrogen (secondary N) is 1. The van der Waals surface area contributed by atoms with Gasteiger partial charge in [-0.1, -0.05) is 6.07 Å². The first-order valence-corrected chi connectivity index (χ1v) is 7.32. The lowest BCUT2D eigenvalue weighted by molar-refractivity contribution is -0.0539. The van der Waals surface area contributed by atoms with Crippen molar-refractivity contribution in [1.82, 2.24) is 9.97 Å². The molecule has 2 N–H and O–H groups in total. The van der Waals surface area contributed by atoms with E-state index >= 15 is 0 Å². The van der Waals surface area contributed by atoms with Crippen LogP contribution in [0, 0.1) is 20.8 Å². The maximum atomic E-state index is 11.4. The van der Waals surface area contributed by atoms with Gasteiger partial charge in [-0.05, 0) is 44.9 Å². The van der Waals surface area contributed by atoms with Crippen LogP contribution < -0.4 is 0 Å². The van der Waals surface area contributed by atoms with Gasteiger partial charge < -0.3 is 14.8 Å². The van der Waals surface area contributed by atoms with Crippen molar-refractivity contribution in [2.45, 2.75) is 33.1 Å². The van der Waals surface area contributed by atoms with E-state index in [1.807, 2.05) is 26.8 Å². The highest BCUT2D eigenvalue weighted by molar-refractivity contribution is 5.92. The molecule has 1 aliphatic heterocycles. The largest absolute Gasteiger partial charge is 0.478 e. The molecule has 1 fully saturated rings. The van der Waals surface area contributed by atoms with Crippen molar-refractivity contribution in [2.24, 2.45) is 0 Å². The van der Waals surface area contributed by atoms with E-state index in [0.717, 1.165) is 33.9 Å². The number of aromatic carboxylic acids is 1. The van der Waals surface area contributed by atoms with Crippen LogP contribution in [0.4, 0.5) is 0 Å². The van der Waals surface area contributed by atoms with Crippen LogP contribution in [-0.4, -0.2) is 34.3 Å². The molecule has 0 radical (unpaired) electrons. The molecule has 0 atom stereocenters. The fourth-order valence-corrected chi connectivity index (χ4v) is 2.98. The zero-order chi connectivity index (χ0) is 16.1. The summed E-state index contributed by atoms with van der Waals surface area (Å²) < 4.78 is 5.31. The highest BCUT2D eigenvalue weighted by atomic mass is 16.5. The number of hydrogen-bond acceptors (Lipinski definition) is 3. The highest BCUT2D eigenvalue weighted by Crippen LogP contribution is 2.35. The van der Waals surface area contributed by atoms with Gasteiger partial charge in [-0.15, -0.1) is 0 Å². The molecule has 0 saturated carbocycles. The summed E-state index contributed by atoms with van der Waals surface area (Å²) in [6.45, 7) is 9.23. The van der Waals surface area contributed by atoms with Crippen LogP contribution in [0.5, 0.6) is 0 Å². The van der Waals surface area contributed by atoms with Crippen molar-refractivity contribution >= 4 is 5.97 Å². The Bertz CT molecular complexity index is 758. The van der Waals surface area contributed by atoms with Gasteiger partial charge in [-0.3, -0.25) is 0 Å². The molecule has 22 heavy (non-hydrogen) atoms. The van der Waals surface area contributed by atoms with Gasteiger partial charge >= 0.3 is 5.97 Å². The summed E-state index contributed by atoms with van der Waals surface area (Å²) in [5, 5.41) is 9.33. The Hall–Kier alpha value is -2.14. The van der Waals surface area contributed by atoms with Crippen molar-refractivity contribution in [3.05, 3.63) is 40.3 Å². The normalized spacial score (nSPS) is 16.4. The lowest BCUT2D eigenvalue weighted by Gasteiger charge is -2.36. The second kappa shape index (κ2) is 4.95. The van der Waals surface area contributed by atoms with Gasteiger partial charge in [0.05, 0.1) is 29.9 Å². The molecule has 1 aliphatic rings. The van der Waals surface area contributed by atoms with Crippen molar-refractivity contribution in [3.8, 4) is 11.3 Å². The highest BCUT2D eigenvalue weighted by Gasteiger charge is 2.38. The number of rotatable bonds is 3. The van der Waals surface area contributed by atoms with E-state index in [1.54, 1.807) is 6.07 Å². The summed E-state index contributed by atoms with van der Waals surface area (Å²) >= 11 is 0. The first kappa shape index (κ1) is 14.8. The number of aryl methyl sites for hydroxylation is 2. The third-order valence-electron chi connectivity index (χ3n) is 4.44. The molecule has 5 heteroatoms. The summed E-state index contributed by atoms with van der Waals surface area (Å²) in [5.74, 6) is -0.00250. The van der Waals surface area contributed by atoms with Crippen LogP contribution in [0.1, 0.15) is 39.9 Å². The maximum absolute atomic E-state index is 11.4. The molecule has 0 aliphatic carbocycles. The number of ether oxygens (including phenoxy) is 1. The van der Waals surface area contributed by atoms with Gasteiger partial charge in [0.2, 0.25) is 0 Å². The summed E-state index contributed by atoms with van der Waals surface area (Å²) in [6, 6.07) is 3.49. The molecule has 1 saturated heterocycles. The molecular weight excluding hydrogens is 280 g/mol. The van der Waals surface area contributed by atoms with Crippen LogP contribution in [0.2, 0.25) is 0 Å². The Morgan fingerprint density at radius 1 is 1.32 bits per heavy atom. The van der Waals surface area contributed by atoms with Gasteiger partial charge in [-0.2, -0.15) is 0 Å². The predicted octanol–water partition coefficient (Wildman–Crippen LogP) is 2.99. The first-order valence-electron chi connectivity index (χ1n) is 7.32. The number of aromatic nitrogens is 2. The standard InChI is InChI=1S/C17H20N2O3/c1-9-5-6-12(15(20)21)10(2)13(9)14-11(3)18-16(19-14)17(4)7-22-8-17/h5-6H,7-8H2,1-4H3,(H,18,19)(H,20,21). The Balaban J connectivity index is 2.16. The molecule has 5 nitrogen and oxygen atoms in total. The molecule has 3 rings (SSSR count). The number of aromatic amines is 1. The number of nitrogens with zero attached hydrogens (tertiary/aromatic N) is 1. The number of H-pyrrole nitrogens is 1. The monoisotopic (exact) mass is 300 g/mol. The fourth-order valence-electron chi connectivity index (χ4n) is 2.98. The summed E-state index contributed by atoms with van der Waals surface area (Å²) in [5.41, 5.74) is 4.72. The predicted molar refractivity (Wildman–Crippen MR) is 83.4 cm³/mol. The number of carbonyl (C=O) groups is 1. The molecule has 0 unspecified atom stereocenters. The molecule has 1 aromatic carbocycles. The second-order valence-electron chi connectivity index (χ2n) is 6.35. The number of carboxylic acid groups (broad SMARTS) is 1. The zero-order valence-corrected chi connectivity index (χ0v) is 13.3. The van der Waals surface area contributed by atoms with Gasteiger partial charge in [-0.25, -0.2) is 9.78 Å². The van der Waals surface area contributed by atoms with E-state index in [1.165, 1.54) is 0 Å². The van der Waals surface area contributed by atoms with Gasteiger partial charge in [0.25, 0.3) is 0 Å². The molecule has 2 aromatic rings. The summed E-state index contributed by atoms with van der Waals surface area (Å²) in [7, 11) is 0. The van der Waals surface area contributed by atoms with Gasteiger partial charge in [0, 0.05) is 11.3 Å². The Labute approximate surface area is 129 Å². The first-order chi connectivity index (χ1) is 10.3. The van der Waals surface area contributed by atoms with Crippen molar-refractivity contribution in [2.75, 3.05) is 13.2 Å². The van der Waals surface area contributed by atoms with Gasteiger partial charge in [0.15, 0.2) is 0 Å². The van der Waals surface area contributed by atoms with E-state index in [9.17, 15) is 9.90 Å². The molecule has 0 bridgehead atoms. The topological polar surface area (TPSA) is 75.2 Å². The third-order valence-corrected chi connectivity index (χ3v) is 4.44. The Morgan fingerprint density at radius 3 is 2.55 bits per heavy atom. The number of carboxylic acids is 1. The number of imidazole rings is 1. The van der Waals surface area contributed by atoms with E-state index < -0.39 is 5.97 Å². The summed E-state index contributed by atoms with van der Waals surface area (Å²) in [6.07, 6.45) is 0. The molecule has 116 valence electrons. The lowest BCUT2D eigenvalue weighted by Crippen LogP contribution is -2.44. The second-order valence-corrected chi connectivity index (χ2v) is 6.35. The van der Waals surface area contributed by atoms with Crippen molar-refractivity contribution < 1.29 is 14.6 Å². The van der Waals surface area contributed by atoms with Crippen LogP contribution in [0.25, 0.3) is 11.3 Å². The van der Waals surface area contributed by atoms with E-state index in [2.05, 4.69) is 11.9 Å². The molecule has 0 amide bonds. The van der Waals surface area contributed by atoms with E-state index in [-0.39, 0.29) is 5.41 Å². The van der Waals surface area contributed by atoms with Crippen molar-refractivity contribution in [1.29, 1.82) is 0 Å². The van der Waals surface area contributed by atoms with Crippen LogP contribution in [-0.2, 0) is 10.2 Å². The van der Waals surface area contributed by atoms with E-state index in [4.69, 9.17) is 9.72 Å². The quantitative estimate of drug-likeness (QED) is 0.913. The van der Waals surface area contributed by atoms with Crippen LogP contribution in [0.3, 0.4) is 0 Å². The Kier molecular flexibility index (Phi) is 3.33. The minimum Gasteiger partial charge on any atom is -0.478 e. The average Bonchev–Trinajstić information content (AvgIpc) is 2.78. The number of benzene rings is 1. The van der Waals surface area contributed by atoms with E-state index in [0.29, 0.717) is 18.8 Å². The lowest BCUT2D eigenvalue weighted by atomic mass is 9.88. The summed E-state index contributed by atoms with van der Waals surface area (Å²) in [4.78, 5) is 19.5.